The maximum atomic E-state index is 10.0. The highest BCUT2D eigenvalue weighted by Crippen LogP contribution is 1.93. The van der Waals surface area contributed by atoms with Crippen LogP contribution in [0.1, 0.15) is 33.1 Å². The van der Waals surface area contributed by atoms with Crippen molar-refractivity contribution in [2.75, 3.05) is 13.1 Å². The first-order valence-corrected chi connectivity index (χ1v) is 5.05. The summed E-state index contributed by atoms with van der Waals surface area (Å²) >= 11 is 0. The first kappa shape index (κ1) is 13.0. The van der Waals surface area contributed by atoms with Crippen LogP contribution in [0.2, 0.25) is 0 Å². The molecular formula is C11H19NO2. The van der Waals surface area contributed by atoms with Gasteiger partial charge in [0.1, 0.15) is 0 Å². The Morgan fingerprint density at radius 1 is 1.43 bits per heavy atom. The summed E-state index contributed by atoms with van der Waals surface area (Å²) in [7, 11) is 0. The molecule has 0 amide bonds. The SMILES string of the molecule is CC(C)CNCCCCC#CC(=O)O. The number of carboxylic acids is 1. The molecule has 0 spiro atoms. The van der Waals surface area contributed by atoms with Gasteiger partial charge in [0.05, 0.1) is 0 Å². The molecule has 0 rings (SSSR count). The Balaban J connectivity index is 3.15. The van der Waals surface area contributed by atoms with Gasteiger partial charge in [-0.25, -0.2) is 4.79 Å². The maximum absolute atomic E-state index is 10.0. The van der Waals surface area contributed by atoms with Crippen molar-refractivity contribution in [1.82, 2.24) is 5.32 Å². The van der Waals surface area contributed by atoms with E-state index in [1.165, 1.54) is 0 Å². The fourth-order valence-corrected chi connectivity index (χ4v) is 0.992. The fourth-order valence-electron chi connectivity index (χ4n) is 0.992. The van der Waals surface area contributed by atoms with Gasteiger partial charge in [0.25, 0.3) is 0 Å². The Labute approximate surface area is 85.9 Å². The van der Waals surface area contributed by atoms with Crippen molar-refractivity contribution >= 4 is 5.97 Å². The molecule has 80 valence electrons. The number of aliphatic carboxylic acids is 1. The largest absolute Gasteiger partial charge is 0.472 e. The van der Waals surface area contributed by atoms with E-state index in [1.54, 1.807) is 0 Å². The standard InChI is InChI=1S/C11H19NO2/c1-10(2)9-12-8-6-4-3-5-7-11(13)14/h10,12H,3-4,6,8-9H2,1-2H3,(H,13,14). The average molecular weight is 197 g/mol. The molecule has 3 heteroatoms. The predicted octanol–water partition coefficient (Wildman–Crippen LogP) is 1.49. The van der Waals surface area contributed by atoms with Crippen LogP contribution in [-0.2, 0) is 4.79 Å². The van der Waals surface area contributed by atoms with Crippen LogP contribution in [-0.4, -0.2) is 24.2 Å². The number of rotatable bonds is 6. The van der Waals surface area contributed by atoms with E-state index < -0.39 is 5.97 Å². The Hall–Kier alpha value is -1.01. The molecule has 0 saturated heterocycles. The molecule has 3 nitrogen and oxygen atoms in total. The summed E-state index contributed by atoms with van der Waals surface area (Å²) < 4.78 is 0. The minimum atomic E-state index is -1.04. The number of unbranched alkanes of at least 4 members (excludes halogenated alkanes) is 2. The topological polar surface area (TPSA) is 49.3 Å². The second-order valence-electron chi connectivity index (χ2n) is 3.66. The molecule has 0 aliphatic rings. The molecule has 0 aromatic rings. The minimum Gasteiger partial charge on any atom is -0.472 e. The van der Waals surface area contributed by atoms with Crippen LogP contribution in [0.15, 0.2) is 0 Å². The highest BCUT2D eigenvalue weighted by molar-refractivity contribution is 5.86. The number of hydrogen-bond acceptors (Lipinski definition) is 2. The number of carboxylic acid groups (broad SMARTS) is 1. The Morgan fingerprint density at radius 2 is 2.14 bits per heavy atom. The van der Waals surface area contributed by atoms with Gasteiger partial charge in [-0.05, 0) is 31.8 Å². The summed E-state index contributed by atoms with van der Waals surface area (Å²) in [5, 5.41) is 11.5. The Morgan fingerprint density at radius 3 is 2.71 bits per heavy atom. The molecule has 0 aliphatic heterocycles. The van der Waals surface area contributed by atoms with E-state index in [-0.39, 0.29) is 0 Å². The van der Waals surface area contributed by atoms with Crippen molar-refractivity contribution in [3.05, 3.63) is 0 Å². The van der Waals surface area contributed by atoms with E-state index in [0.717, 1.165) is 25.9 Å². The van der Waals surface area contributed by atoms with Crippen molar-refractivity contribution in [1.29, 1.82) is 0 Å². The number of nitrogens with one attached hydrogen (secondary N) is 1. The van der Waals surface area contributed by atoms with E-state index in [0.29, 0.717) is 12.3 Å². The monoisotopic (exact) mass is 197 g/mol. The zero-order chi connectivity index (χ0) is 10.8. The van der Waals surface area contributed by atoms with Gasteiger partial charge >= 0.3 is 5.97 Å². The highest BCUT2D eigenvalue weighted by Gasteiger charge is 1.92. The molecule has 0 aromatic heterocycles. The second kappa shape index (κ2) is 8.58. The summed E-state index contributed by atoms with van der Waals surface area (Å²) in [5.74, 6) is 4.35. The van der Waals surface area contributed by atoms with Gasteiger partial charge in [0.2, 0.25) is 0 Å². The lowest BCUT2D eigenvalue weighted by atomic mass is 10.2. The lowest BCUT2D eigenvalue weighted by Gasteiger charge is -2.05. The van der Waals surface area contributed by atoms with Crippen molar-refractivity contribution in [2.24, 2.45) is 5.92 Å². The second-order valence-corrected chi connectivity index (χ2v) is 3.66. The van der Waals surface area contributed by atoms with Gasteiger partial charge < -0.3 is 10.4 Å². The van der Waals surface area contributed by atoms with E-state index in [1.807, 2.05) is 0 Å². The third-order valence-electron chi connectivity index (χ3n) is 1.65. The van der Waals surface area contributed by atoms with Crippen LogP contribution in [0.4, 0.5) is 0 Å². The lowest BCUT2D eigenvalue weighted by molar-refractivity contribution is -0.130. The first-order valence-electron chi connectivity index (χ1n) is 5.05. The van der Waals surface area contributed by atoms with E-state index in [9.17, 15) is 4.79 Å². The van der Waals surface area contributed by atoms with Crippen molar-refractivity contribution in [2.45, 2.75) is 33.1 Å². The van der Waals surface area contributed by atoms with E-state index in [2.05, 4.69) is 31.0 Å². The third kappa shape index (κ3) is 11.0. The Bertz CT molecular complexity index is 213. The summed E-state index contributed by atoms with van der Waals surface area (Å²) in [6, 6.07) is 0. The normalized spacial score (nSPS) is 9.64. The maximum Gasteiger partial charge on any atom is 0.381 e. The highest BCUT2D eigenvalue weighted by atomic mass is 16.4. The minimum absolute atomic E-state index is 0.676. The third-order valence-corrected chi connectivity index (χ3v) is 1.65. The molecule has 0 aliphatic carbocycles. The molecule has 0 saturated carbocycles. The molecule has 0 bridgehead atoms. The summed E-state index contributed by atoms with van der Waals surface area (Å²) in [5.41, 5.74) is 0. The molecule has 0 heterocycles. The van der Waals surface area contributed by atoms with Crippen molar-refractivity contribution in [3.8, 4) is 11.8 Å². The van der Waals surface area contributed by atoms with Crippen LogP contribution in [0.25, 0.3) is 0 Å². The van der Waals surface area contributed by atoms with Gasteiger partial charge in [-0.15, -0.1) is 0 Å². The van der Waals surface area contributed by atoms with Crippen LogP contribution in [0, 0.1) is 17.8 Å². The van der Waals surface area contributed by atoms with Crippen LogP contribution in [0.3, 0.4) is 0 Å². The quantitative estimate of drug-likeness (QED) is 0.501. The molecule has 2 N–H and O–H groups in total. The molecule has 0 atom stereocenters. The molecule has 0 unspecified atom stereocenters. The zero-order valence-corrected chi connectivity index (χ0v) is 8.97. The first-order chi connectivity index (χ1) is 6.63. The summed E-state index contributed by atoms with van der Waals surface area (Å²) in [4.78, 5) is 10.0. The molecular weight excluding hydrogens is 178 g/mol. The van der Waals surface area contributed by atoms with Crippen LogP contribution in [0.5, 0.6) is 0 Å². The fraction of sp³-hybridized carbons (Fsp3) is 0.727. The van der Waals surface area contributed by atoms with Gasteiger partial charge in [0.15, 0.2) is 0 Å². The van der Waals surface area contributed by atoms with E-state index >= 15 is 0 Å². The Kier molecular flexibility index (Phi) is 7.96. The summed E-state index contributed by atoms with van der Waals surface area (Å²) in [6.45, 7) is 6.38. The average Bonchev–Trinajstić information content (AvgIpc) is 2.08. The summed E-state index contributed by atoms with van der Waals surface area (Å²) in [6.07, 6.45) is 2.70. The van der Waals surface area contributed by atoms with Gasteiger partial charge in [-0.1, -0.05) is 19.8 Å². The molecule has 0 radical (unpaired) electrons. The van der Waals surface area contributed by atoms with Crippen molar-refractivity contribution in [3.63, 3.8) is 0 Å². The van der Waals surface area contributed by atoms with Crippen LogP contribution >= 0.6 is 0 Å². The van der Waals surface area contributed by atoms with Gasteiger partial charge in [-0.3, -0.25) is 0 Å². The predicted molar refractivity (Wildman–Crippen MR) is 57.0 cm³/mol. The lowest BCUT2D eigenvalue weighted by Crippen LogP contribution is -2.20. The van der Waals surface area contributed by atoms with Crippen LogP contribution < -0.4 is 5.32 Å². The molecule has 0 aromatic carbocycles. The molecule has 14 heavy (non-hydrogen) atoms. The zero-order valence-electron chi connectivity index (χ0n) is 8.97. The van der Waals surface area contributed by atoms with Crippen molar-refractivity contribution < 1.29 is 9.90 Å². The van der Waals surface area contributed by atoms with Gasteiger partial charge in [0, 0.05) is 12.3 Å². The van der Waals surface area contributed by atoms with Gasteiger partial charge in [-0.2, -0.15) is 0 Å². The number of hydrogen-bond donors (Lipinski definition) is 2. The van der Waals surface area contributed by atoms with E-state index in [4.69, 9.17) is 5.11 Å². The number of carbonyl (C=O) groups is 1. The molecule has 0 fully saturated rings. The smallest absolute Gasteiger partial charge is 0.381 e.